The molecule has 1 fully saturated rings. The molecule has 0 bridgehead atoms. The summed E-state index contributed by atoms with van der Waals surface area (Å²) in [5, 5.41) is 1.08. The minimum absolute atomic E-state index is 0.0300. The number of rotatable bonds is 3. The molecule has 2 atom stereocenters. The molecule has 28 heavy (non-hydrogen) atoms. The number of carbonyl (C=O) groups excluding carboxylic acids is 1. The molecule has 3 aromatic rings. The summed E-state index contributed by atoms with van der Waals surface area (Å²) >= 11 is 6.05. The number of nitrogens with zero attached hydrogens (tertiary/aromatic N) is 1. The fourth-order valence-corrected chi connectivity index (χ4v) is 4.28. The van der Waals surface area contributed by atoms with E-state index in [1.54, 1.807) is 41.3 Å². The monoisotopic (exact) mass is 395 g/mol. The van der Waals surface area contributed by atoms with Gasteiger partial charge in [0.2, 0.25) is 5.76 Å². The standard InChI is InChI=1S/C22H18ClNO4/c23-14-9-7-13(8-10-14)19-18-20(25)16-5-1-2-6-17(16)28-21(18)22(26)24(19)12-15-4-3-11-27-15/h1-2,5-10,15,19H,3-4,11-12H2/t15-,19-/m1/s1. The average Bonchev–Trinajstić information content (AvgIpc) is 3.31. The van der Waals surface area contributed by atoms with Gasteiger partial charge in [0.1, 0.15) is 5.58 Å². The molecule has 1 amide bonds. The second-order valence-electron chi connectivity index (χ2n) is 7.22. The summed E-state index contributed by atoms with van der Waals surface area (Å²) in [4.78, 5) is 28.2. The normalized spacial score (nSPS) is 21.5. The van der Waals surface area contributed by atoms with Gasteiger partial charge in [0.15, 0.2) is 5.43 Å². The lowest BCUT2D eigenvalue weighted by Gasteiger charge is -2.27. The van der Waals surface area contributed by atoms with E-state index in [0.717, 1.165) is 18.4 Å². The molecule has 1 aromatic heterocycles. The zero-order valence-electron chi connectivity index (χ0n) is 15.1. The van der Waals surface area contributed by atoms with Gasteiger partial charge < -0.3 is 14.1 Å². The highest BCUT2D eigenvalue weighted by atomic mass is 35.5. The van der Waals surface area contributed by atoms with E-state index in [9.17, 15) is 9.59 Å². The number of fused-ring (bicyclic) bond motifs is 2. The van der Waals surface area contributed by atoms with Crippen LogP contribution in [-0.2, 0) is 4.74 Å². The second-order valence-corrected chi connectivity index (χ2v) is 7.65. The molecule has 0 unspecified atom stereocenters. The van der Waals surface area contributed by atoms with Crippen molar-refractivity contribution in [3.05, 3.63) is 80.7 Å². The Kier molecular flexibility index (Phi) is 4.22. The highest BCUT2D eigenvalue weighted by molar-refractivity contribution is 6.30. The molecule has 0 N–H and O–H groups in total. The van der Waals surface area contributed by atoms with Gasteiger partial charge in [-0.05, 0) is 42.7 Å². The van der Waals surface area contributed by atoms with Gasteiger partial charge in [-0.3, -0.25) is 9.59 Å². The number of carbonyl (C=O) groups is 1. The van der Waals surface area contributed by atoms with Crippen LogP contribution in [0.5, 0.6) is 0 Å². The zero-order chi connectivity index (χ0) is 19.3. The third-order valence-corrected chi connectivity index (χ3v) is 5.74. The lowest BCUT2D eigenvalue weighted by Crippen LogP contribution is -2.36. The Morgan fingerprint density at radius 3 is 2.61 bits per heavy atom. The molecule has 0 saturated carbocycles. The SMILES string of the molecule is O=C1c2oc3ccccc3c(=O)c2[C@@H](c2ccc(Cl)cc2)N1C[C@H]1CCCO1. The van der Waals surface area contributed by atoms with Gasteiger partial charge in [0, 0.05) is 18.2 Å². The predicted molar refractivity (Wildman–Crippen MR) is 106 cm³/mol. The van der Waals surface area contributed by atoms with Crippen molar-refractivity contribution in [2.75, 3.05) is 13.2 Å². The number of halogens is 1. The zero-order valence-corrected chi connectivity index (χ0v) is 15.8. The Balaban J connectivity index is 1.70. The largest absolute Gasteiger partial charge is 0.450 e. The van der Waals surface area contributed by atoms with Crippen LogP contribution in [0.4, 0.5) is 0 Å². The molecule has 2 aliphatic rings. The molecule has 2 aliphatic heterocycles. The summed E-state index contributed by atoms with van der Waals surface area (Å²) in [6, 6.07) is 13.8. The maximum absolute atomic E-state index is 13.3. The molecule has 5 rings (SSSR count). The van der Waals surface area contributed by atoms with Crippen molar-refractivity contribution in [3.63, 3.8) is 0 Å². The lowest BCUT2D eigenvalue weighted by molar-refractivity contribution is 0.0486. The van der Waals surface area contributed by atoms with Crippen LogP contribution in [0.1, 0.15) is 40.6 Å². The van der Waals surface area contributed by atoms with Crippen molar-refractivity contribution in [3.8, 4) is 0 Å². The first-order valence-electron chi connectivity index (χ1n) is 9.37. The molecule has 1 saturated heterocycles. The van der Waals surface area contributed by atoms with Gasteiger partial charge in [0.05, 0.1) is 23.1 Å². The minimum atomic E-state index is -0.509. The Bertz CT molecular complexity index is 1120. The lowest BCUT2D eigenvalue weighted by atomic mass is 9.98. The van der Waals surface area contributed by atoms with E-state index in [0.29, 0.717) is 34.7 Å². The van der Waals surface area contributed by atoms with Crippen LogP contribution >= 0.6 is 11.6 Å². The van der Waals surface area contributed by atoms with Gasteiger partial charge in [0.25, 0.3) is 5.91 Å². The molecule has 3 heterocycles. The van der Waals surface area contributed by atoms with E-state index in [1.165, 1.54) is 0 Å². The van der Waals surface area contributed by atoms with E-state index >= 15 is 0 Å². The van der Waals surface area contributed by atoms with Crippen LogP contribution in [0, 0.1) is 0 Å². The summed E-state index contributed by atoms with van der Waals surface area (Å²) in [5.41, 5.74) is 1.48. The fraction of sp³-hybridized carbons (Fsp3) is 0.273. The third-order valence-electron chi connectivity index (χ3n) is 5.48. The molecule has 142 valence electrons. The van der Waals surface area contributed by atoms with Crippen molar-refractivity contribution in [2.45, 2.75) is 25.0 Å². The smallest absolute Gasteiger partial charge is 0.291 e. The number of amides is 1. The second kappa shape index (κ2) is 6.76. The van der Waals surface area contributed by atoms with Crippen LogP contribution < -0.4 is 5.43 Å². The summed E-state index contributed by atoms with van der Waals surface area (Å²) in [5.74, 6) is -0.144. The van der Waals surface area contributed by atoms with Crippen LogP contribution in [0.3, 0.4) is 0 Å². The van der Waals surface area contributed by atoms with Crippen molar-refractivity contribution in [1.29, 1.82) is 0 Å². The van der Waals surface area contributed by atoms with Crippen molar-refractivity contribution < 1.29 is 13.9 Å². The van der Waals surface area contributed by atoms with Gasteiger partial charge in [-0.15, -0.1) is 0 Å². The van der Waals surface area contributed by atoms with E-state index in [2.05, 4.69) is 0 Å². The van der Waals surface area contributed by atoms with E-state index in [1.807, 2.05) is 12.1 Å². The molecule has 0 radical (unpaired) electrons. The van der Waals surface area contributed by atoms with Crippen molar-refractivity contribution in [1.82, 2.24) is 4.90 Å². The maximum atomic E-state index is 13.3. The number of benzene rings is 2. The minimum Gasteiger partial charge on any atom is -0.450 e. The maximum Gasteiger partial charge on any atom is 0.291 e. The fourth-order valence-electron chi connectivity index (χ4n) is 4.15. The predicted octanol–water partition coefficient (Wildman–Crippen LogP) is 4.17. The first-order chi connectivity index (χ1) is 13.6. The van der Waals surface area contributed by atoms with Crippen molar-refractivity contribution in [2.24, 2.45) is 0 Å². The average molecular weight is 396 g/mol. The summed E-state index contributed by atoms with van der Waals surface area (Å²) in [6.07, 6.45) is 1.85. The first kappa shape index (κ1) is 17.5. The highest BCUT2D eigenvalue weighted by Gasteiger charge is 2.43. The molecular weight excluding hydrogens is 378 g/mol. The number of ether oxygens (including phenoxy) is 1. The van der Waals surface area contributed by atoms with Gasteiger partial charge >= 0.3 is 0 Å². The number of hydrogen-bond acceptors (Lipinski definition) is 4. The van der Waals surface area contributed by atoms with Crippen LogP contribution in [0.2, 0.25) is 5.02 Å². The molecule has 2 aromatic carbocycles. The third kappa shape index (κ3) is 2.74. The van der Waals surface area contributed by atoms with E-state index in [-0.39, 0.29) is 23.2 Å². The Hall–Kier alpha value is -2.63. The highest BCUT2D eigenvalue weighted by Crippen LogP contribution is 2.39. The van der Waals surface area contributed by atoms with Crippen molar-refractivity contribution >= 4 is 28.5 Å². The molecule has 0 aliphatic carbocycles. The van der Waals surface area contributed by atoms with Gasteiger partial charge in [-0.1, -0.05) is 35.9 Å². The van der Waals surface area contributed by atoms with Gasteiger partial charge in [-0.2, -0.15) is 0 Å². The quantitative estimate of drug-likeness (QED) is 0.667. The number of para-hydroxylation sites is 1. The van der Waals surface area contributed by atoms with Crippen LogP contribution in [0.25, 0.3) is 11.0 Å². The summed E-state index contributed by atoms with van der Waals surface area (Å²) < 4.78 is 11.7. The number of hydrogen-bond donors (Lipinski definition) is 0. The molecule has 5 nitrogen and oxygen atoms in total. The molecule has 0 spiro atoms. The topological polar surface area (TPSA) is 59.8 Å². The Morgan fingerprint density at radius 2 is 1.86 bits per heavy atom. The molecular formula is C22H18ClNO4. The van der Waals surface area contributed by atoms with E-state index in [4.69, 9.17) is 20.8 Å². The summed E-state index contributed by atoms with van der Waals surface area (Å²) in [7, 11) is 0. The van der Waals surface area contributed by atoms with E-state index < -0.39 is 6.04 Å². The Labute approximate surface area is 166 Å². The van der Waals surface area contributed by atoms with Gasteiger partial charge in [-0.25, -0.2) is 0 Å². The van der Waals surface area contributed by atoms with Crippen LogP contribution in [0.15, 0.2) is 57.7 Å². The Morgan fingerprint density at radius 1 is 1.07 bits per heavy atom. The van der Waals surface area contributed by atoms with Crippen LogP contribution in [-0.4, -0.2) is 30.1 Å². The summed E-state index contributed by atoms with van der Waals surface area (Å²) in [6.45, 7) is 1.12. The molecule has 6 heteroatoms. The first-order valence-corrected chi connectivity index (χ1v) is 9.75.